The molecule has 0 radical (unpaired) electrons. The molecule has 15 heteroatoms. The quantitative estimate of drug-likeness (QED) is 0.362. The molecule has 10 nitrogen and oxygen atoms in total. The number of nitrogens with two attached hydrogens (primary N) is 2. The number of alkyl halides is 3. The maximum Gasteiger partial charge on any atom is 0.417 e. The molecule has 3 rings (SSSR count). The fourth-order valence-electron chi connectivity index (χ4n) is 4.38. The van der Waals surface area contributed by atoms with Crippen LogP contribution < -0.4 is 26.8 Å². The van der Waals surface area contributed by atoms with Crippen molar-refractivity contribution in [2.24, 2.45) is 17.4 Å². The summed E-state index contributed by atoms with van der Waals surface area (Å²) >= 11 is 0. The van der Waals surface area contributed by atoms with Crippen molar-refractivity contribution in [3.8, 4) is 5.75 Å². The van der Waals surface area contributed by atoms with Crippen molar-refractivity contribution < 1.29 is 45.8 Å². The van der Waals surface area contributed by atoms with Crippen molar-refractivity contribution >= 4 is 29.2 Å². The van der Waals surface area contributed by atoms with Gasteiger partial charge in [-0.2, -0.15) is 17.6 Å². The first-order valence-electron chi connectivity index (χ1n) is 11.5. The zero-order valence-corrected chi connectivity index (χ0v) is 21.0. The molecule has 1 aliphatic rings. The highest BCUT2D eigenvalue weighted by Gasteiger charge is 2.65. The smallest absolute Gasteiger partial charge is 0.417 e. The Morgan fingerprint density at radius 2 is 1.85 bits per heavy atom. The molecule has 0 saturated carbocycles. The van der Waals surface area contributed by atoms with Gasteiger partial charge in [0.25, 0.3) is 11.8 Å². The molecule has 212 valence electrons. The monoisotopic (exact) mass is 559 g/mol. The van der Waals surface area contributed by atoms with Crippen LogP contribution in [0.3, 0.4) is 0 Å². The van der Waals surface area contributed by atoms with E-state index in [0.29, 0.717) is 6.07 Å². The number of aromatic nitrogens is 1. The van der Waals surface area contributed by atoms with E-state index < -0.39 is 64.8 Å². The van der Waals surface area contributed by atoms with Crippen LogP contribution in [-0.2, 0) is 14.3 Å². The standard InChI is InChI=1S/C24H26F5N5O5/c1-10-17(12-4-5-13(25)18(26)19(12)38-3)20(39-23(10,2)24(27,28)29)22(37)32-11-8-14(21(31)36)33-15(9-11)34-16(35)6-7-30/h4-5,8-10,17,20H,6-7,30H2,1-3H3,(H2,31,36)(H2,32,33,34,35,37)/t10-,17-,20+,23+/m0/s1. The Hall–Kier alpha value is -3.85. The fourth-order valence-corrected chi connectivity index (χ4v) is 4.38. The number of rotatable bonds is 8. The number of amides is 3. The number of carbonyl (C=O) groups is 3. The molecule has 6 N–H and O–H groups in total. The molecule has 1 fully saturated rings. The number of carbonyl (C=O) groups excluding carboxylic acids is 3. The predicted molar refractivity (Wildman–Crippen MR) is 128 cm³/mol. The SMILES string of the molecule is COc1c([C@H]2[C@H](C(=O)Nc3cc(NC(=O)CCN)nc(C(N)=O)c3)O[C@@](C)(C(F)(F)F)[C@H]2C)ccc(F)c1F. The summed E-state index contributed by atoms with van der Waals surface area (Å²) in [5.41, 5.74) is 6.97. The average molecular weight is 559 g/mol. The van der Waals surface area contributed by atoms with Gasteiger partial charge in [0, 0.05) is 42.1 Å². The van der Waals surface area contributed by atoms with Gasteiger partial charge in [-0.05, 0) is 19.1 Å². The molecule has 0 aliphatic carbocycles. The van der Waals surface area contributed by atoms with Crippen molar-refractivity contribution in [1.82, 2.24) is 4.98 Å². The van der Waals surface area contributed by atoms with Crippen LogP contribution in [0.15, 0.2) is 24.3 Å². The van der Waals surface area contributed by atoms with Crippen LogP contribution in [0, 0.1) is 17.6 Å². The molecule has 3 amide bonds. The van der Waals surface area contributed by atoms with E-state index in [1.807, 2.05) is 0 Å². The fraction of sp³-hybridized carbons (Fsp3) is 0.417. The number of hydrogen-bond donors (Lipinski definition) is 4. The predicted octanol–water partition coefficient (Wildman–Crippen LogP) is 2.83. The van der Waals surface area contributed by atoms with Crippen molar-refractivity contribution in [1.29, 1.82) is 0 Å². The number of benzene rings is 1. The number of ether oxygens (including phenoxy) is 2. The molecule has 4 atom stereocenters. The number of anilines is 2. The molecule has 0 unspecified atom stereocenters. The van der Waals surface area contributed by atoms with Gasteiger partial charge in [-0.25, -0.2) is 9.37 Å². The van der Waals surface area contributed by atoms with E-state index >= 15 is 0 Å². The minimum Gasteiger partial charge on any atom is -0.493 e. The number of hydrogen-bond acceptors (Lipinski definition) is 7. The van der Waals surface area contributed by atoms with Gasteiger partial charge in [-0.15, -0.1) is 0 Å². The van der Waals surface area contributed by atoms with E-state index in [9.17, 15) is 36.3 Å². The van der Waals surface area contributed by atoms with Gasteiger partial charge < -0.3 is 31.6 Å². The minimum absolute atomic E-state index is 0.00887. The Balaban J connectivity index is 2.06. The van der Waals surface area contributed by atoms with Crippen LogP contribution in [0.4, 0.5) is 33.5 Å². The van der Waals surface area contributed by atoms with E-state index in [2.05, 4.69) is 15.6 Å². The van der Waals surface area contributed by atoms with Gasteiger partial charge in [-0.3, -0.25) is 14.4 Å². The maximum absolute atomic E-state index is 14.5. The molecule has 1 aromatic carbocycles. The zero-order valence-electron chi connectivity index (χ0n) is 21.0. The zero-order chi connectivity index (χ0) is 29.3. The number of pyridine rings is 1. The molecule has 1 aromatic heterocycles. The third-order valence-electron chi connectivity index (χ3n) is 6.55. The lowest BCUT2D eigenvalue weighted by molar-refractivity contribution is -0.272. The number of nitrogens with zero attached hydrogens (tertiary/aromatic N) is 1. The molecule has 39 heavy (non-hydrogen) atoms. The Morgan fingerprint density at radius 3 is 2.41 bits per heavy atom. The molecular weight excluding hydrogens is 533 g/mol. The highest BCUT2D eigenvalue weighted by molar-refractivity contribution is 5.99. The lowest BCUT2D eigenvalue weighted by atomic mass is 9.77. The summed E-state index contributed by atoms with van der Waals surface area (Å²) < 4.78 is 81.0. The summed E-state index contributed by atoms with van der Waals surface area (Å²) in [6, 6.07) is 3.89. The van der Waals surface area contributed by atoms with Crippen molar-refractivity contribution in [2.45, 2.75) is 44.1 Å². The first kappa shape index (κ1) is 29.7. The average Bonchev–Trinajstić information content (AvgIpc) is 3.12. The topological polar surface area (TPSA) is 159 Å². The second kappa shape index (κ2) is 11.1. The largest absolute Gasteiger partial charge is 0.493 e. The number of primary amides is 1. The molecule has 2 heterocycles. The van der Waals surface area contributed by atoms with E-state index in [1.54, 1.807) is 0 Å². The van der Waals surface area contributed by atoms with Crippen LogP contribution in [-0.4, -0.2) is 54.2 Å². The second-order valence-electron chi connectivity index (χ2n) is 9.01. The van der Waals surface area contributed by atoms with Crippen LogP contribution in [0.1, 0.15) is 42.2 Å². The summed E-state index contributed by atoms with van der Waals surface area (Å²) in [5.74, 6) is -9.26. The van der Waals surface area contributed by atoms with Gasteiger partial charge in [0.2, 0.25) is 11.7 Å². The summed E-state index contributed by atoms with van der Waals surface area (Å²) in [6.07, 6.45) is -6.93. The van der Waals surface area contributed by atoms with Crippen molar-refractivity contribution in [2.75, 3.05) is 24.3 Å². The second-order valence-corrected chi connectivity index (χ2v) is 9.01. The minimum atomic E-state index is -4.96. The lowest BCUT2D eigenvalue weighted by Gasteiger charge is -2.32. The third-order valence-corrected chi connectivity index (χ3v) is 6.55. The summed E-state index contributed by atoms with van der Waals surface area (Å²) in [5, 5.41) is 4.69. The molecule has 0 bridgehead atoms. The third kappa shape index (κ3) is 5.78. The van der Waals surface area contributed by atoms with Crippen LogP contribution in [0.5, 0.6) is 5.75 Å². The van der Waals surface area contributed by atoms with Gasteiger partial charge in [-0.1, -0.05) is 13.0 Å². The van der Waals surface area contributed by atoms with Gasteiger partial charge in [0.05, 0.1) is 7.11 Å². The van der Waals surface area contributed by atoms with Crippen molar-refractivity contribution in [3.63, 3.8) is 0 Å². The van der Waals surface area contributed by atoms with E-state index in [0.717, 1.165) is 39.2 Å². The summed E-state index contributed by atoms with van der Waals surface area (Å²) in [6.45, 7) is 1.91. The Labute approximate surface area is 219 Å². The Morgan fingerprint density at radius 1 is 1.18 bits per heavy atom. The van der Waals surface area contributed by atoms with Crippen molar-refractivity contribution in [3.05, 3.63) is 47.2 Å². The Bertz CT molecular complexity index is 1290. The molecule has 1 saturated heterocycles. The first-order valence-corrected chi connectivity index (χ1v) is 11.5. The molecule has 1 aliphatic heterocycles. The first-order chi connectivity index (χ1) is 18.1. The van der Waals surface area contributed by atoms with Gasteiger partial charge >= 0.3 is 6.18 Å². The van der Waals surface area contributed by atoms with Crippen LogP contribution in [0.25, 0.3) is 0 Å². The maximum atomic E-state index is 14.5. The molecule has 0 spiro atoms. The summed E-state index contributed by atoms with van der Waals surface area (Å²) in [7, 11) is 1.00. The van der Waals surface area contributed by atoms with E-state index in [1.165, 1.54) is 0 Å². The highest BCUT2D eigenvalue weighted by atomic mass is 19.4. The number of methoxy groups -OCH3 is 1. The molecular formula is C24H26F5N5O5. The number of nitrogens with one attached hydrogen (secondary N) is 2. The lowest BCUT2D eigenvalue weighted by Crippen LogP contribution is -2.47. The van der Waals surface area contributed by atoms with E-state index in [4.69, 9.17) is 20.9 Å². The summed E-state index contributed by atoms with van der Waals surface area (Å²) in [4.78, 5) is 40.9. The van der Waals surface area contributed by atoms with E-state index in [-0.39, 0.29) is 35.7 Å². The van der Waals surface area contributed by atoms with Crippen LogP contribution in [0.2, 0.25) is 0 Å². The van der Waals surface area contributed by atoms with Crippen LogP contribution >= 0.6 is 0 Å². The van der Waals surface area contributed by atoms with Gasteiger partial charge in [0.1, 0.15) is 17.6 Å². The van der Waals surface area contributed by atoms with Gasteiger partial charge in [0.15, 0.2) is 17.2 Å². The Kier molecular flexibility index (Phi) is 8.45. The molecule has 2 aromatic rings. The highest BCUT2D eigenvalue weighted by Crippen LogP contribution is 2.55. The normalized spacial score (nSPS) is 22.8. The number of halogens is 5.